The van der Waals surface area contributed by atoms with E-state index >= 15 is 0 Å². The van der Waals surface area contributed by atoms with Crippen molar-refractivity contribution in [1.29, 1.82) is 0 Å². The van der Waals surface area contributed by atoms with Crippen LogP contribution in [-0.4, -0.2) is 48.6 Å². The van der Waals surface area contributed by atoms with Crippen LogP contribution in [0.4, 0.5) is 9.52 Å². The van der Waals surface area contributed by atoms with Crippen LogP contribution in [0.3, 0.4) is 0 Å². The number of thiazole rings is 1. The van der Waals surface area contributed by atoms with Crippen LogP contribution in [0.5, 0.6) is 5.75 Å². The number of rotatable bonds is 7. The Morgan fingerprint density at radius 2 is 1.93 bits per heavy atom. The van der Waals surface area contributed by atoms with Crippen molar-refractivity contribution in [2.24, 2.45) is 0 Å². The summed E-state index contributed by atoms with van der Waals surface area (Å²) >= 11 is 1.49. The first-order chi connectivity index (χ1) is 14.7. The minimum atomic E-state index is -0.291. The highest BCUT2D eigenvalue weighted by atomic mass is 32.1. The van der Waals surface area contributed by atoms with Crippen molar-refractivity contribution < 1.29 is 13.9 Å². The van der Waals surface area contributed by atoms with Gasteiger partial charge in [0, 0.05) is 31.7 Å². The summed E-state index contributed by atoms with van der Waals surface area (Å²) in [5.41, 5.74) is 1.07. The third-order valence-electron chi connectivity index (χ3n) is 5.29. The largest absolute Gasteiger partial charge is 0.494 e. The van der Waals surface area contributed by atoms with E-state index in [-0.39, 0.29) is 11.7 Å². The van der Waals surface area contributed by atoms with Crippen LogP contribution in [0, 0.1) is 5.82 Å². The average molecular weight is 428 g/mol. The van der Waals surface area contributed by atoms with Gasteiger partial charge in [0.2, 0.25) is 0 Å². The minimum absolute atomic E-state index is 0.0176. The standard InChI is InChI=1S/C23H26FN3O2S/c1-2-3-4-15-29-18-8-5-7-17(16-18)22(28)26-11-13-27(14-12-26)23-25-21-19(24)9-6-10-20(21)30-23/h5-10,16H,2-4,11-15H2,1H3. The highest BCUT2D eigenvalue weighted by Gasteiger charge is 2.24. The summed E-state index contributed by atoms with van der Waals surface area (Å²) in [4.78, 5) is 21.4. The lowest BCUT2D eigenvalue weighted by molar-refractivity contribution is 0.0746. The monoisotopic (exact) mass is 427 g/mol. The Kier molecular flexibility index (Phi) is 6.47. The maximum atomic E-state index is 13.9. The molecule has 1 aromatic heterocycles. The number of carbonyl (C=O) groups excluding carboxylic acids is 1. The zero-order valence-corrected chi connectivity index (χ0v) is 18.0. The van der Waals surface area contributed by atoms with E-state index in [9.17, 15) is 9.18 Å². The van der Waals surface area contributed by atoms with Crippen molar-refractivity contribution in [2.75, 3.05) is 37.7 Å². The lowest BCUT2D eigenvalue weighted by atomic mass is 10.1. The van der Waals surface area contributed by atoms with E-state index in [1.807, 2.05) is 35.2 Å². The second-order valence-electron chi connectivity index (χ2n) is 7.45. The number of nitrogens with zero attached hydrogens (tertiary/aromatic N) is 3. The zero-order valence-electron chi connectivity index (χ0n) is 17.1. The molecule has 7 heteroatoms. The number of halogens is 1. The fourth-order valence-corrected chi connectivity index (χ4v) is 4.61. The van der Waals surface area contributed by atoms with E-state index in [2.05, 4.69) is 16.8 Å². The number of para-hydroxylation sites is 1. The molecule has 0 radical (unpaired) electrons. The second-order valence-corrected chi connectivity index (χ2v) is 8.45. The normalized spacial score (nSPS) is 14.3. The van der Waals surface area contributed by atoms with Gasteiger partial charge in [-0.15, -0.1) is 0 Å². The van der Waals surface area contributed by atoms with Crippen molar-refractivity contribution in [3.63, 3.8) is 0 Å². The average Bonchev–Trinajstić information content (AvgIpc) is 3.22. The van der Waals surface area contributed by atoms with Crippen molar-refractivity contribution in [3.05, 3.63) is 53.8 Å². The number of piperazine rings is 1. The van der Waals surface area contributed by atoms with Gasteiger partial charge in [0.25, 0.3) is 5.91 Å². The van der Waals surface area contributed by atoms with Crippen LogP contribution in [0.15, 0.2) is 42.5 Å². The molecule has 1 aliphatic rings. The Labute approximate surface area is 180 Å². The van der Waals surface area contributed by atoms with Gasteiger partial charge in [0.1, 0.15) is 17.1 Å². The first kappa shape index (κ1) is 20.6. The number of fused-ring (bicyclic) bond motifs is 1. The molecular formula is C23H26FN3O2S. The second kappa shape index (κ2) is 9.43. The van der Waals surface area contributed by atoms with Gasteiger partial charge in [0.15, 0.2) is 5.13 Å². The molecule has 158 valence electrons. The first-order valence-electron chi connectivity index (χ1n) is 10.5. The van der Waals surface area contributed by atoms with E-state index < -0.39 is 0 Å². The SMILES string of the molecule is CCCCCOc1cccc(C(=O)N2CCN(c3nc4c(F)cccc4s3)CC2)c1. The van der Waals surface area contributed by atoms with Gasteiger partial charge in [-0.2, -0.15) is 0 Å². The molecule has 0 bridgehead atoms. The summed E-state index contributed by atoms with van der Waals surface area (Å²) in [6.07, 6.45) is 3.32. The summed E-state index contributed by atoms with van der Waals surface area (Å²) in [7, 11) is 0. The molecular weight excluding hydrogens is 401 g/mol. The van der Waals surface area contributed by atoms with E-state index in [0.29, 0.717) is 43.9 Å². The summed E-state index contributed by atoms with van der Waals surface area (Å²) in [5, 5.41) is 0.810. The summed E-state index contributed by atoms with van der Waals surface area (Å²) in [6, 6.07) is 12.5. The molecule has 0 atom stereocenters. The molecule has 1 fully saturated rings. The lowest BCUT2D eigenvalue weighted by Crippen LogP contribution is -2.48. The number of benzene rings is 2. The van der Waals surface area contributed by atoms with E-state index in [4.69, 9.17) is 4.74 Å². The van der Waals surface area contributed by atoms with Crippen LogP contribution in [0.25, 0.3) is 10.2 Å². The molecule has 3 aromatic rings. The van der Waals surface area contributed by atoms with Crippen LogP contribution in [-0.2, 0) is 0 Å². The Morgan fingerprint density at radius 3 is 2.70 bits per heavy atom. The summed E-state index contributed by atoms with van der Waals surface area (Å²) < 4.78 is 20.6. The number of hydrogen-bond donors (Lipinski definition) is 0. The van der Waals surface area contributed by atoms with E-state index in [0.717, 1.165) is 34.8 Å². The van der Waals surface area contributed by atoms with Crippen LogP contribution < -0.4 is 9.64 Å². The third-order valence-corrected chi connectivity index (χ3v) is 6.37. The van der Waals surface area contributed by atoms with Crippen molar-refractivity contribution in [1.82, 2.24) is 9.88 Å². The molecule has 4 rings (SSSR count). The van der Waals surface area contributed by atoms with Gasteiger partial charge in [0.05, 0.1) is 11.3 Å². The Bertz CT molecular complexity index is 1010. The topological polar surface area (TPSA) is 45.7 Å². The highest BCUT2D eigenvalue weighted by molar-refractivity contribution is 7.22. The smallest absolute Gasteiger partial charge is 0.254 e. The molecule has 0 spiro atoms. The summed E-state index contributed by atoms with van der Waals surface area (Å²) in [6.45, 7) is 5.42. The lowest BCUT2D eigenvalue weighted by Gasteiger charge is -2.34. The predicted molar refractivity (Wildman–Crippen MR) is 119 cm³/mol. The number of unbranched alkanes of at least 4 members (excludes halogenated alkanes) is 2. The number of hydrogen-bond acceptors (Lipinski definition) is 5. The van der Waals surface area contributed by atoms with Gasteiger partial charge in [-0.1, -0.05) is 43.2 Å². The molecule has 1 amide bonds. The number of carbonyl (C=O) groups is 1. The fourth-order valence-electron chi connectivity index (χ4n) is 3.58. The number of ether oxygens (including phenoxy) is 1. The molecule has 0 aliphatic carbocycles. The molecule has 1 saturated heterocycles. The van der Waals surface area contributed by atoms with Crippen molar-refractivity contribution >= 4 is 32.6 Å². The molecule has 0 N–H and O–H groups in total. The molecule has 2 aromatic carbocycles. The molecule has 30 heavy (non-hydrogen) atoms. The van der Waals surface area contributed by atoms with Gasteiger partial charge >= 0.3 is 0 Å². The molecule has 0 saturated carbocycles. The van der Waals surface area contributed by atoms with E-state index in [1.165, 1.54) is 17.4 Å². The van der Waals surface area contributed by atoms with Gasteiger partial charge in [-0.3, -0.25) is 4.79 Å². The van der Waals surface area contributed by atoms with Crippen LogP contribution in [0.1, 0.15) is 36.5 Å². The van der Waals surface area contributed by atoms with Gasteiger partial charge in [-0.25, -0.2) is 9.37 Å². The number of aromatic nitrogens is 1. The summed E-state index contributed by atoms with van der Waals surface area (Å²) in [5.74, 6) is 0.469. The molecule has 1 aliphatic heterocycles. The highest BCUT2D eigenvalue weighted by Crippen LogP contribution is 2.30. The minimum Gasteiger partial charge on any atom is -0.494 e. The Morgan fingerprint density at radius 1 is 1.13 bits per heavy atom. The molecule has 5 nitrogen and oxygen atoms in total. The molecule has 2 heterocycles. The van der Waals surface area contributed by atoms with Gasteiger partial charge in [-0.05, 0) is 36.8 Å². The third kappa shape index (κ3) is 4.56. The quantitative estimate of drug-likeness (QED) is 0.500. The van der Waals surface area contributed by atoms with Crippen molar-refractivity contribution in [3.8, 4) is 5.75 Å². The van der Waals surface area contributed by atoms with Crippen LogP contribution >= 0.6 is 11.3 Å². The maximum Gasteiger partial charge on any atom is 0.254 e. The molecule has 0 unspecified atom stereocenters. The van der Waals surface area contributed by atoms with Crippen LogP contribution in [0.2, 0.25) is 0 Å². The Hall–Kier alpha value is -2.67. The fraction of sp³-hybridized carbons (Fsp3) is 0.391. The maximum absolute atomic E-state index is 13.9. The predicted octanol–water partition coefficient (Wildman–Crippen LogP) is 4.97. The van der Waals surface area contributed by atoms with Gasteiger partial charge < -0.3 is 14.5 Å². The Balaban J connectivity index is 1.36. The van der Waals surface area contributed by atoms with E-state index in [1.54, 1.807) is 6.07 Å². The number of amides is 1. The number of anilines is 1. The first-order valence-corrected chi connectivity index (χ1v) is 11.3. The zero-order chi connectivity index (χ0) is 20.9. The van der Waals surface area contributed by atoms with Crippen molar-refractivity contribution in [2.45, 2.75) is 26.2 Å².